The number of aliphatic carboxylic acids is 1. The number of carboxylic acids is 1. The highest BCUT2D eigenvalue weighted by atomic mass is 32.1. The van der Waals surface area contributed by atoms with Crippen LogP contribution in [0.15, 0.2) is 5.51 Å². The summed E-state index contributed by atoms with van der Waals surface area (Å²) in [6.45, 7) is 4.55. The summed E-state index contributed by atoms with van der Waals surface area (Å²) < 4.78 is 0. The van der Waals surface area contributed by atoms with Gasteiger partial charge in [-0.3, -0.25) is 14.5 Å². The van der Waals surface area contributed by atoms with E-state index >= 15 is 0 Å². The number of nitrogens with zero attached hydrogens (tertiary/aromatic N) is 2. The molecule has 1 amide bonds. The van der Waals surface area contributed by atoms with Gasteiger partial charge in [-0.15, -0.1) is 11.3 Å². The van der Waals surface area contributed by atoms with Crippen LogP contribution >= 0.6 is 11.3 Å². The molecular weight excluding hydrogens is 278 g/mol. The smallest absolute Gasteiger partial charge is 0.317 e. The van der Waals surface area contributed by atoms with Gasteiger partial charge in [0.1, 0.15) is 4.88 Å². The van der Waals surface area contributed by atoms with Crippen LogP contribution in [0, 0.1) is 6.92 Å². The summed E-state index contributed by atoms with van der Waals surface area (Å²) >= 11 is 1.34. The highest BCUT2D eigenvalue weighted by Gasteiger charge is 2.35. The molecule has 110 valence electrons. The third kappa shape index (κ3) is 3.34. The van der Waals surface area contributed by atoms with E-state index in [1.165, 1.54) is 11.3 Å². The number of aryl methyl sites for hydroxylation is 1. The molecule has 1 aliphatic rings. The first-order valence-electron chi connectivity index (χ1n) is 6.68. The number of likely N-dealkylation sites (N-methyl/N-ethyl adjacent to an activating group) is 1. The Morgan fingerprint density at radius 3 is 2.75 bits per heavy atom. The van der Waals surface area contributed by atoms with Crippen LogP contribution in [0.1, 0.15) is 35.1 Å². The lowest BCUT2D eigenvalue weighted by atomic mass is 9.85. The van der Waals surface area contributed by atoms with Gasteiger partial charge in [0.15, 0.2) is 0 Å². The zero-order valence-electron chi connectivity index (χ0n) is 11.6. The van der Waals surface area contributed by atoms with Crippen LogP contribution in [-0.4, -0.2) is 52.0 Å². The predicted octanol–water partition coefficient (Wildman–Crippen LogP) is 1.12. The van der Waals surface area contributed by atoms with E-state index in [2.05, 4.69) is 10.3 Å². The Labute approximate surface area is 121 Å². The minimum Gasteiger partial charge on any atom is -0.480 e. The van der Waals surface area contributed by atoms with Crippen LogP contribution in [0.3, 0.4) is 0 Å². The molecule has 1 heterocycles. The van der Waals surface area contributed by atoms with E-state index in [-0.39, 0.29) is 24.5 Å². The lowest BCUT2D eigenvalue weighted by Crippen LogP contribution is -2.54. The van der Waals surface area contributed by atoms with Gasteiger partial charge in [-0.25, -0.2) is 4.98 Å². The van der Waals surface area contributed by atoms with E-state index in [1.807, 2.05) is 18.7 Å². The second-order valence-electron chi connectivity index (χ2n) is 5.02. The number of carbonyl (C=O) groups excluding carboxylic acids is 1. The molecular formula is C13H19N3O3S. The largest absolute Gasteiger partial charge is 0.480 e. The van der Waals surface area contributed by atoms with Gasteiger partial charge < -0.3 is 10.4 Å². The Kier molecular flexibility index (Phi) is 4.72. The van der Waals surface area contributed by atoms with Gasteiger partial charge in [0.2, 0.25) is 0 Å². The van der Waals surface area contributed by atoms with E-state index in [0.717, 1.165) is 18.5 Å². The Hall–Kier alpha value is -1.47. The number of rotatable bonds is 6. The van der Waals surface area contributed by atoms with Crippen LogP contribution in [0.4, 0.5) is 0 Å². The van der Waals surface area contributed by atoms with Gasteiger partial charge in [-0.1, -0.05) is 6.92 Å². The zero-order valence-corrected chi connectivity index (χ0v) is 12.4. The molecule has 0 unspecified atom stereocenters. The van der Waals surface area contributed by atoms with Crippen LogP contribution in [-0.2, 0) is 4.79 Å². The van der Waals surface area contributed by atoms with Gasteiger partial charge in [0.25, 0.3) is 5.91 Å². The van der Waals surface area contributed by atoms with Gasteiger partial charge in [0, 0.05) is 12.1 Å². The lowest BCUT2D eigenvalue weighted by Gasteiger charge is -2.42. The molecule has 2 N–H and O–H groups in total. The van der Waals surface area contributed by atoms with Crippen molar-refractivity contribution in [1.82, 2.24) is 15.2 Å². The molecule has 6 nitrogen and oxygen atoms in total. The molecule has 1 aromatic heterocycles. The van der Waals surface area contributed by atoms with Gasteiger partial charge in [-0.2, -0.15) is 0 Å². The fraction of sp³-hybridized carbons (Fsp3) is 0.615. The van der Waals surface area contributed by atoms with Crippen LogP contribution in [0.25, 0.3) is 0 Å². The SMILES string of the molecule is CCN(CC(=O)O)C1CC(NC(=O)c2scnc2C)C1. The zero-order chi connectivity index (χ0) is 14.7. The molecule has 0 saturated heterocycles. The Bertz CT molecular complexity index is 497. The number of hydrogen-bond acceptors (Lipinski definition) is 5. The quantitative estimate of drug-likeness (QED) is 0.822. The number of thiazole rings is 1. The molecule has 1 fully saturated rings. The first-order valence-corrected chi connectivity index (χ1v) is 7.56. The first kappa shape index (κ1) is 14.9. The lowest BCUT2D eigenvalue weighted by molar-refractivity contribution is -0.139. The summed E-state index contributed by atoms with van der Waals surface area (Å²) in [4.78, 5) is 29.4. The van der Waals surface area contributed by atoms with Crippen molar-refractivity contribution in [2.75, 3.05) is 13.1 Å². The second-order valence-corrected chi connectivity index (χ2v) is 5.87. The van der Waals surface area contributed by atoms with Crippen molar-refractivity contribution in [2.24, 2.45) is 0 Å². The highest BCUT2D eigenvalue weighted by Crippen LogP contribution is 2.26. The molecule has 0 aliphatic heterocycles. The van der Waals surface area contributed by atoms with Gasteiger partial charge >= 0.3 is 5.97 Å². The van der Waals surface area contributed by atoms with Crippen molar-refractivity contribution in [1.29, 1.82) is 0 Å². The maximum atomic E-state index is 12.0. The van der Waals surface area contributed by atoms with Crippen molar-refractivity contribution >= 4 is 23.2 Å². The number of amides is 1. The number of hydrogen-bond donors (Lipinski definition) is 2. The summed E-state index contributed by atoms with van der Waals surface area (Å²) in [5.74, 6) is -0.880. The van der Waals surface area contributed by atoms with Crippen LogP contribution in [0.2, 0.25) is 0 Å². The molecule has 1 aliphatic carbocycles. The van der Waals surface area contributed by atoms with Crippen molar-refractivity contribution in [3.63, 3.8) is 0 Å². The number of aromatic nitrogens is 1. The number of carbonyl (C=O) groups is 2. The number of nitrogens with one attached hydrogen (secondary N) is 1. The average Bonchev–Trinajstić information content (AvgIpc) is 2.76. The Morgan fingerprint density at radius 1 is 1.55 bits per heavy atom. The molecule has 1 aromatic rings. The monoisotopic (exact) mass is 297 g/mol. The maximum Gasteiger partial charge on any atom is 0.317 e. The third-order valence-electron chi connectivity index (χ3n) is 3.66. The van der Waals surface area contributed by atoms with E-state index < -0.39 is 5.97 Å². The van der Waals surface area contributed by atoms with Crippen molar-refractivity contribution in [3.8, 4) is 0 Å². The molecule has 0 aromatic carbocycles. The molecule has 7 heteroatoms. The molecule has 2 rings (SSSR count). The van der Waals surface area contributed by atoms with E-state index in [4.69, 9.17) is 5.11 Å². The minimum absolute atomic E-state index is 0.0653. The second kappa shape index (κ2) is 6.32. The molecule has 1 saturated carbocycles. The maximum absolute atomic E-state index is 12.0. The highest BCUT2D eigenvalue weighted by molar-refractivity contribution is 7.11. The van der Waals surface area contributed by atoms with Crippen molar-refractivity contribution in [3.05, 3.63) is 16.1 Å². The van der Waals surface area contributed by atoms with E-state index in [9.17, 15) is 9.59 Å². The van der Waals surface area contributed by atoms with Gasteiger partial charge in [-0.05, 0) is 26.3 Å². The molecule has 0 radical (unpaired) electrons. The minimum atomic E-state index is -0.806. The van der Waals surface area contributed by atoms with E-state index in [1.54, 1.807) is 5.51 Å². The normalized spacial score (nSPS) is 21.6. The fourth-order valence-electron chi connectivity index (χ4n) is 2.45. The van der Waals surface area contributed by atoms with E-state index in [0.29, 0.717) is 11.4 Å². The Morgan fingerprint density at radius 2 is 2.25 bits per heavy atom. The molecule has 0 bridgehead atoms. The standard InChI is InChI=1S/C13H19N3O3S/c1-3-16(6-11(17)18)10-4-9(5-10)15-13(19)12-8(2)14-7-20-12/h7,9-10H,3-6H2,1-2H3,(H,15,19)(H,17,18). The summed E-state index contributed by atoms with van der Waals surface area (Å²) in [6, 6.07) is 0.390. The summed E-state index contributed by atoms with van der Waals surface area (Å²) in [6.07, 6.45) is 1.62. The van der Waals surface area contributed by atoms with Crippen LogP contribution in [0.5, 0.6) is 0 Å². The topological polar surface area (TPSA) is 82.5 Å². The number of carboxylic acid groups (broad SMARTS) is 1. The molecule has 0 spiro atoms. The Balaban J connectivity index is 1.80. The first-order chi connectivity index (χ1) is 9.51. The predicted molar refractivity (Wildman–Crippen MR) is 76.0 cm³/mol. The van der Waals surface area contributed by atoms with Gasteiger partial charge in [0.05, 0.1) is 17.7 Å². The summed E-state index contributed by atoms with van der Waals surface area (Å²) in [7, 11) is 0. The van der Waals surface area contributed by atoms with Crippen molar-refractivity contribution in [2.45, 2.75) is 38.8 Å². The fourth-order valence-corrected chi connectivity index (χ4v) is 3.15. The molecule has 20 heavy (non-hydrogen) atoms. The van der Waals surface area contributed by atoms with Crippen LogP contribution < -0.4 is 5.32 Å². The summed E-state index contributed by atoms with van der Waals surface area (Å²) in [5, 5.41) is 11.8. The average molecular weight is 297 g/mol. The summed E-state index contributed by atoms with van der Waals surface area (Å²) in [5.41, 5.74) is 2.42. The third-order valence-corrected chi connectivity index (χ3v) is 4.59. The molecule has 0 atom stereocenters. The van der Waals surface area contributed by atoms with Crippen molar-refractivity contribution < 1.29 is 14.7 Å².